The molecule has 0 aliphatic rings. The Morgan fingerprint density at radius 1 is 1.80 bits per heavy atom. The van der Waals surface area contributed by atoms with E-state index in [4.69, 9.17) is 5.11 Å². The standard InChI is InChI=1S/C6H6O3S/c7-4-5(8)9-6-2-1-3-10-6/h1-3,7H,4H2. The van der Waals surface area contributed by atoms with Crippen molar-refractivity contribution in [3.63, 3.8) is 0 Å². The second-order valence-electron chi connectivity index (χ2n) is 1.56. The van der Waals surface area contributed by atoms with E-state index in [1.54, 1.807) is 17.5 Å². The van der Waals surface area contributed by atoms with E-state index >= 15 is 0 Å². The molecule has 0 aromatic carbocycles. The van der Waals surface area contributed by atoms with Gasteiger partial charge < -0.3 is 9.84 Å². The molecule has 0 unspecified atom stereocenters. The lowest BCUT2D eigenvalue weighted by Crippen LogP contribution is -2.11. The van der Waals surface area contributed by atoms with Gasteiger partial charge in [0.15, 0.2) is 5.06 Å². The third-order valence-corrected chi connectivity index (χ3v) is 1.58. The van der Waals surface area contributed by atoms with E-state index in [0.717, 1.165) is 0 Å². The van der Waals surface area contributed by atoms with Crippen molar-refractivity contribution in [2.75, 3.05) is 6.61 Å². The Kier molecular flexibility index (Phi) is 2.42. The zero-order valence-corrected chi connectivity index (χ0v) is 5.93. The van der Waals surface area contributed by atoms with Crippen LogP contribution in [0.3, 0.4) is 0 Å². The van der Waals surface area contributed by atoms with Crippen LogP contribution >= 0.6 is 11.3 Å². The highest BCUT2D eigenvalue weighted by Gasteiger charge is 2.01. The molecule has 0 spiro atoms. The highest BCUT2D eigenvalue weighted by atomic mass is 32.1. The number of hydrogen-bond acceptors (Lipinski definition) is 4. The minimum Gasteiger partial charge on any atom is -0.414 e. The van der Waals surface area contributed by atoms with Crippen molar-refractivity contribution in [3.05, 3.63) is 17.5 Å². The molecule has 1 aromatic rings. The molecule has 0 bridgehead atoms. The van der Waals surface area contributed by atoms with Gasteiger partial charge in [-0.3, -0.25) is 0 Å². The number of thiophene rings is 1. The molecular formula is C6H6O3S. The van der Waals surface area contributed by atoms with Gasteiger partial charge in [-0.25, -0.2) is 4.79 Å². The van der Waals surface area contributed by atoms with E-state index in [0.29, 0.717) is 5.06 Å². The maximum atomic E-state index is 10.4. The van der Waals surface area contributed by atoms with Crippen LogP contribution in [0.5, 0.6) is 5.06 Å². The van der Waals surface area contributed by atoms with Crippen molar-refractivity contribution in [2.24, 2.45) is 0 Å². The van der Waals surface area contributed by atoms with E-state index in [1.165, 1.54) is 11.3 Å². The Morgan fingerprint density at radius 3 is 3.10 bits per heavy atom. The Morgan fingerprint density at radius 2 is 2.60 bits per heavy atom. The Bertz CT molecular complexity index is 205. The van der Waals surface area contributed by atoms with Crippen LogP contribution in [0.25, 0.3) is 0 Å². The summed E-state index contributed by atoms with van der Waals surface area (Å²) in [5.41, 5.74) is 0. The van der Waals surface area contributed by atoms with E-state index in [2.05, 4.69) is 4.74 Å². The normalized spacial score (nSPS) is 9.30. The summed E-state index contributed by atoms with van der Waals surface area (Å²) < 4.78 is 4.63. The summed E-state index contributed by atoms with van der Waals surface area (Å²) in [5.74, 6) is -0.623. The summed E-state index contributed by atoms with van der Waals surface area (Å²) in [6.45, 7) is -0.572. The molecule has 3 nitrogen and oxygen atoms in total. The van der Waals surface area contributed by atoms with E-state index in [9.17, 15) is 4.79 Å². The number of aliphatic hydroxyl groups excluding tert-OH is 1. The summed E-state index contributed by atoms with van der Waals surface area (Å²) in [7, 11) is 0. The van der Waals surface area contributed by atoms with E-state index in [-0.39, 0.29) is 0 Å². The number of carbonyl (C=O) groups is 1. The number of carbonyl (C=O) groups excluding carboxylic acids is 1. The lowest BCUT2D eigenvalue weighted by molar-refractivity contribution is -0.137. The molecule has 1 N–H and O–H groups in total. The second-order valence-corrected chi connectivity index (χ2v) is 2.47. The first-order valence-corrected chi connectivity index (χ1v) is 3.56. The van der Waals surface area contributed by atoms with Crippen LogP contribution in [0.1, 0.15) is 0 Å². The van der Waals surface area contributed by atoms with Gasteiger partial charge in [-0.1, -0.05) is 0 Å². The van der Waals surface area contributed by atoms with Gasteiger partial charge in [0, 0.05) is 0 Å². The third-order valence-electron chi connectivity index (χ3n) is 0.839. The smallest absolute Gasteiger partial charge is 0.337 e. The van der Waals surface area contributed by atoms with Gasteiger partial charge in [0.2, 0.25) is 0 Å². The van der Waals surface area contributed by atoms with E-state index in [1.807, 2.05) is 0 Å². The maximum Gasteiger partial charge on any atom is 0.337 e. The van der Waals surface area contributed by atoms with Gasteiger partial charge in [0.1, 0.15) is 6.61 Å². The van der Waals surface area contributed by atoms with Crippen molar-refractivity contribution >= 4 is 17.3 Å². The quantitative estimate of drug-likeness (QED) is 0.643. The van der Waals surface area contributed by atoms with Crippen molar-refractivity contribution in [1.82, 2.24) is 0 Å². The van der Waals surface area contributed by atoms with Gasteiger partial charge in [0.05, 0.1) is 0 Å². The molecule has 10 heavy (non-hydrogen) atoms. The average molecular weight is 158 g/mol. The zero-order valence-electron chi connectivity index (χ0n) is 5.11. The van der Waals surface area contributed by atoms with Gasteiger partial charge in [-0.15, -0.1) is 11.3 Å². The number of hydrogen-bond donors (Lipinski definition) is 1. The topological polar surface area (TPSA) is 46.5 Å². The number of ether oxygens (including phenoxy) is 1. The predicted octanol–water partition coefficient (Wildman–Crippen LogP) is 0.646. The lowest BCUT2D eigenvalue weighted by Gasteiger charge is -1.94. The van der Waals surface area contributed by atoms with Gasteiger partial charge >= 0.3 is 5.97 Å². The molecule has 1 rings (SSSR count). The molecule has 0 aliphatic carbocycles. The predicted molar refractivity (Wildman–Crippen MR) is 37.0 cm³/mol. The molecule has 0 radical (unpaired) electrons. The van der Waals surface area contributed by atoms with Gasteiger partial charge in [-0.05, 0) is 17.5 Å². The number of rotatable bonds is 2. The minimum absolute atomic E-state index is 0.513. The SMILES string of the molecule is O=C(CO)Oc1cccs1. The molecule has 0 atom stereocenters. The number of aliphatic hydroxyl groups is 1. The molecule has 1 aromatic heterocycles. The fourth-order valence-corrected chi connectivity index (χ4v) is 1.06. The first kappa shape index (κ1) is 7.24. The van der Waals surface area contributed by atoms with Crippen LogP contribution in [-0.2, 0) is 4.79 Å². The highest BCUT2D eigenvalue weighted by molar-refractivity contribution is 7.11. The summed E-state index contributed by atoms with van der Waals surface area (Å²) >= 11 is 1.31. The Balaban J connectivity index is 2.48. The summed E-state index contributed by atoms with van der Waals surface area (Å²) in [6, 6.07) is 3.43. The summed E-state index contributed by atoms with van der Waals surface area (Å²) in [5, 5.41) is 10.6. The van der Waals surface area contributed by atoms with Crippen LogP contribution in [0.15, 0.2) is 17.5 Å². The van der Waals surface area contributed by atoms with Crippen LogP contribution in [-0.4, -0.2) is 17.7 Å². The second kappa shape index (κ2) is 3.34. The number of esters is 1. The molecular weight excluding hydrogens is 152 g/mol. The Labute approximate surface area is 61.9 Å². The molecule has 0 saturated heterocycles. The molecule has 54 valence electrons. The molecule has 1 heterocycles. The van der Waals surface area contributed by atoms with Crippen LogP contribution in [0.4, 0.5) is 0 Å². The van der Waals surface area contributed by atoms with Crippen LogP contribution < -0.4 is 4.74 Å². The van der Waals surface area contributed by atoms with E-state index < -0.39 is 12.6 Å². The molecule has 0 amide bonds. The van der Waals surface area contributed by atoms with Crippen molar-refractivity contribution in [3.8, 4) is 5.06 Å². The van der Waals surface area contributed by atoms with Crippen molar-refractivity contribution in [2.45, 2.75) is 0 Å². The zero-order chi connectivity index (χ0) is 7.40. The highest BCUT2D eigenvalue weighted by Crippen LogP contribution is 2.17. The molecule has 0 saturated carbocycles. The van der Waals surface area contributed by atoms with Crippen molar-refractivity contribution < 1.29 is 14.6 Å². The fourth-order valence-electron chi connectivity index (χ4n) is 0.466. The monoisotopic (exact) mass is 158 g/mol. The third kappa shape index (κ3) is 1.82. The molecule has 0 fully saturated rings. The van der Waals surface area contributed by atoms with Crippen molar-refractivity contribution in [1.29, 1.82) is 0 Å². The fraction of sp³-hybridized carbons (Fsp3) is 0.167. The Hall–Kier alpha value is -0.870. The van der Waals surface area contributed by atoms with Crippen LogP contribution in [0.2, 0.25) is 0 Å². The largest absolute Gasteiger partial charge is 0.414 e. The first-order valence-electron chi connectivity index (χ1n) is 2.68. The summed E-state index contributed by atoms with van der Waals surface area (Å²) in [6.07, 6.45) is 0. The average Bonchev–Trinajstić information content (AvgIpc) is 2.40. The van der Waals surface area contributed by atoms with Gasteiger partial charge in [-0.2, -0.15) is 0 Å². The van der Waals surface area contributed by atoms with Crippen LogP contribution in [0, 0.1) is 0 Å². The van der Waals surface area contributed by atoms with Gasteiger partial charge in [0.25, 0.3) is 0 Å². The summed E-state index contributed by atoms with van der Waals surface area (Å²) in [4.78, 5) is 10.4. The molecule has 0 aliphatic heterocycles. The lowest BCUT2D eigenvalue weighted by atomic mass is 10.6. The molecule has 4 heteroatoms. The first-order chi connectivity index (χ1) is 4.83. The minimum atomic E-state index is -0.623. The maximum absolute atomic E-state index is 10.4.